The van der Waals surface area contributed by atoms with Crippen molar-refractivity contribution in [3.05, 3.63) is 0 Å². The molecule has 0 bridgehead atoms. The summed E-state index contributed by atoms with van der Waals surface area (Å²) in [6.45, 7) is 5.72. The topological polar surface area (TPSA) is 98.7 Å². The van der Waals surface area contributed by atoms with E-state index in [1.54, 1.807) is 6.92 Å². The second kappa shape index (κ2) is 7.11. The van der Waals surface area contributed by atoms with Crippen molar-refractivity contribution in [2.45, 2.75) is 39.2 Å². The van der Waals surface area contributed by atoms with E-state index in [9.17, 15) is 14.7 Å². The van der Waals surface area contributed by atoms with Crippen LogP contribution in [0.3, 0.4) is 0 Å². The van der Waals surface area contributed by atoms with Crippen molar-refractivity contribution in [1.82, 2.24) is 10.6 Å². The standard InChI is InChI=1S/C11H22N2O4/c1-8(2)11(3,7-14)13-10(17)12-6-4-5-9(15)16/h8,14H,4-7H2,1-3H3,(H,15,16)(H2,12,13,17). The average Bonchev–Trinajstić information content (AvgIpc) is 2.23. The zero-order valence-corrected chi connectivity index (χ0v) is 10.6. The molecule has 0 spiro atoms. The zero-order valence-electron chi connectivity index (χ0n) is 10.6. The number of carboxylic acids is 1. The number of nitrogens with one attached hydrogen (secondary N) is 2. The van der Waals surface area contributed by atoms with Gasteiger partial charge in [-0.1, -0.05) is 13.8 Å². The van der Waals surface area contributed by atoms with Gasteiger partial charge < -0.3 is 20.8 Å². The van der Waals surface area contributed by atoms with Gasteiger partial charge in [0.05, 0.1) is 12.1 Å². The van der Waals surface area contributed by atoms with Gasteiger partial charge in [0.2, 0.25) is 0 Å². The summed E-state index contributed by atoms with van der Waals surface area (Å²) in [6, 6.07) is -0.388. The molecule has 100 valence electrons. The second-order valence-electron chi connectivity index (χ2n) is 4.61. The van der Waals surface area contributed by atoms with Gasteiger partial charge in [-0.15, -0.1) is 0 Å². The Morgan fingerprint density at radius 1 is 1.35 bits per heavy atom. The lowest BCUT2D eigenvalue weighted by Gasteiger charge is -2.32. The van der Waals surface area contributed by atoms with E-state index in [2.05, 4.69) is 10.6 Å². The molecule has 0 saturated carbocycles. The van der Waals surface area contributed by atoms with Crippen molar-refractivity contribution in [2.24, 2.45) is 5.92 Å². The van der Waals surface area contributed by atoms with Crippen LogP contribution in [0.1, 0.15) is 33.6 Å². The maximum absolute atomic E-state index is 11.5. The zero-order chi connectivity index (χ0) is 13.5. The predicted octanol–water partition coefficient (Wildman–Crippen LogP) is 0.557. The highest BCUT2D eigenvalue weighted by Crippen LogP contribution is 2.14. The quantitative estimate of drug-likeness (QED) is 0.493. The minimum Gasteiger partial charge on any atom is -0.481 e. The molecule has 6 nitrogen and oxygen atoms in total. The third-order valence-electron chi connectivity index (χ3n) is 2.85. The molecule has 1 atom stereocenters. The van der Waals surface area contributed by atoms with E-state index in [1.807, 2.05) is 13.8 Å². The first-order chi connectivity index (χ1) is 7.81. The van der Waals surface area contributed by atoms with Gasteiger partial charge in [-0.3, -0.25) is 4.79 Å². The first-order valence-electron chi connectivity index (χ1n) is 5.70. The normalized spacial score (nSPS) is 14.2. The Labute approximate surface area is 101 Å². The maximum Gasteiger partial charge on any atom is 0.315 e. The van der Waals surface area contributed by atoms with Gasteiger partial charge >= 0.3 is 12.0 Å². The molecule has 6 heteroatoms. The molecule has 0 aliphatic rings. The van der Waals surface area contributed by atoms with Crippen LogP contribution in [-0.2, 0) is 4.79 Å². The molecular weight excluding hydrogens is 224 g/mol. The molecule has 1 unspecified atom stereocenters. The maximum atomic E-state index is 11.5. The fourth-order valence-electron chi connectivity index (χ4n) is 1.11. The van der Waals surface area contributed by atoms with Crippen LogP contribution in [0.15, 0.2) is 0 Å². The third kappa shape index (κ3) is 6.11. The highest BCUT2D eigenvalue weighted by molar-refractivity contribution is 5.74. The fraction of sp³-hybridized carbons (Fsp3) is 0.818. The number of carbonyl (C=O) groups is 2. The summed E-state index contributed by atoms with van der Waals surface area (Å²) in [6.07, 6.45) is 0.419. The van der Waals surface area contributed by atoms with Crippen molar-refractivity contribution in [3.63, 3.8) is 0 Å². The second-order valence-corrected chi connectivity index (χ2v) is 4.61. The fourth-order valence-corrected chi connectivity index (χ4v) is 1.11. The molecule has 17 heavy (non-hydrogen) atoms. The molecule has 0 heterocycles. The van der Waals surface area contributed by atoms with Crippen LogP contribution < -0.4 is 10.6 Å². The lowest BCUT2D eigenvalue weighted by atomic mass is 9.89. The summed E-state index contributed by atoms with van der Waals surface area (Å²) in [5.41, 5.74) is -0.670. The molecule has 0 aliphatic carbocycles. The van der Waals surface area contributed by atoms with Gasteiger partial charge in [-0.2, -0.15) is 0 Å². The van der Waals surface area contributed by atoms with E-state index in [0.717, 1.165) is 0 Å². The number of amides is 2. The van der Waals surface area contributed by atoms with Gasteiger partial charge in [0.1, 0.15) is 0 Å². The molecular formula is C11H22N2O4. The van der Waals surface area contributed by atoms with E-state index in [-0.39, 0.29) is 25.0 Å². The Bertz CT molecular complexity index is 268. The summed E-state index contributed by atoms with van der Waals surface area (Å²) in [4.78, 5) is 21.7. The number of hydrogen-bond acceptors (Lipinski definition) is 3. The molecule has 0 aromatic heterocycles. The van der Waals surface area contributed by atoms with Crippen molar-refractivity contribution >= 4 is 12.0 Å². The van der Waals surface area contributed by atoms with E-state index >= 15 is 0 Å². The number of urea groups is 1. The number of rotatable bonds is 7. The number of aliphatic hydroxyl groups excluding tert-OH is 1. The highest BCUT2D eigenvalue weighted by atomic mass is 16.4. The molecule has 0 radical (unpaired) electrons. The third-order valence-corrected chi connectivity index (χ3v) is 2.85. The summed E-state index contributed by atoms with van der Waals surface area (Å²) in [7, 11) is 0. The Morgan fingerprint density at radius 2 is 1.94 bits per heavy atom. The molecule has 0 saturated heterocycles. The lowest BCUT2D eigenvalue weighted by Crippen LogP contribution is -2.55. The largest absolute Gasteiger partial charge is 0.481 e. The van der Waals surface area contributed by atoms with Gasteiger partial charge in [0, 0.05) is 13.0 Å². The number of carbonyl (C=O) groups excluding carboxylic acids is 1. The summed E-state index contributed by atoms with van der Waals surface area (Å²) in [5.74, 6) is -0.785. The Morgan fingerprint density at radius 3 is 2.35 bits per heavy atom. The van der Waals surface area contributed by atoms with Crippen LogP contribution in [0.4, 0.5) is 4.79 Å². The molecule has 4 N–H and O–H groups in total. The lowest BCUT2D eigenvalue weighted by molar-refractivity contribution is -0.137. The van der Waals surface area contributed by atoms with Crippen LogP contribution in [0.5, 0.6) is 0 Å². The first kappa shape index (κ1) is 15.7. The smallest absolute Gasteiger partial charge is 0.315 e. The van der Waals surface area contributed by atoms with Crippen molar-refractivity contribution in [2.75, 3.05) is 13.2 Å². The highest BCUT2D eigenvalue weighted by Gasteiger charge is 2.29. The molecule has 0 aromatic rings. The minimum atomic E-state index is -0.880. The van der Waals surface area contributed by atoms with E-state index in [1.165, 1.54) is 0 Å². The summed E-state index contributed by atoms with van der Waals surface area (Å²) >= 11 is 0. The van der Waals surface area contributed by atoms with Crippen molar-refractivity contribution in [3.8, 4) is 0 Å². The van der Waals surface area contributed by atoms with Crippen LogP contribution in [-0.4, -0.2) is 40.9 Å². The van der Waals surface area contributed by atoms with Gasteiger partial charge in [-0.25, -0.2) is 4.79 Å². The van der Waals surface area contributed by atoms with Gasteiger partial charge in [-0.05, 0) is 19.3 Å². The van der Waals surface area contributed by atoms with Crippen LogP contribution in [0.2, 0.25) is 0 Å². The number of carboxylic acid groups (broad SMARTS) is 1. The van der Waals surface area contributed by atoms with Crippen LogP contribution in [0, 0.1) is 5.92 Å². The molecule has 0 rings (SSSR count). The molecule has 2 amide bonds. The number of aliphatic carboxylic acids is 1. The van der Waals surface area contributed by atoms with E-state index in [4.69, 9.17) is 5.11 Å². The van der Waals surface area contributed by atoms with Crippen LogP contribution >= 0.6 is 0 Å². The Hall–Kier alpha value is -1.30. The molecule has 0 fully saturated rings. The first-order valence-corrected chi connectivity index (χ1v) is 5.70. The van der Waals surface area contributed by atoms with E-state index < -0.39 is 11.5 Å². The van der Waals surface area contributed by atoms with Crippen molar-refractivity contribution in [1.29, 1.82) is 0 Å². The number of hydrogen-bond donors (Lipinski definition) is 4. The van der Waals surface area contributed by atoms with Crippen molar-refractivity contribution < 1.29 is 19.8 Å². The van der Waals surface area contributed by atoms with E-state index in [0.29, 0.717) is 13.0 Å². The summed E-state index contributed by atoms with van der Waals surface area (Å²) < 4.78 is 0. The SMILES string of the molecule is CC(C)C(C)(CO)NC(=O)NCCCC(=O)O. The van der Waals surface area contributed by atoms with Crippen LogP contribution in [0.25, 0.3) is 0 Å². The summed E-state index contributed by atoms with van der Waals surface area (Å²) in [5, 5.41) is 22.9. The Kier molecular flexibility index (Phi) is 6.57. The monoisotopic (exact) mass is 246 g/mol. The van der Waals surface area contributed by atoms with Gasteiger partial charge in [0.15, 0.2) is 0 Å². The average molecular weight is 246 g/mol. The minimum absolute atomic E-state index is 0.0295. The van der Waals surface area contributed by atoms with Gasteiger partial charge in [0.25, 0.3) is 0 Å². The Balaban J connectivity index is 3.96. The predicted molar refractivity (Wildman–Crippen MR) is 63.7 cm³/mol. The molecule has 0 aliphatic heterocycles. The number of aliphatic hydroxyl groups is 1. The molecule has 0 aromatic carbocycles.